The first-order valence-corrected chi connectivity index (χ1v) is 7.54. The minimum Gasteiger partial charge on any atom is -0.408 e. The summed E-state index contributed by atoms with van der Waals surface area (Å²) in [6.45, 7) is 4.90. The number of nitrogens with zero attached hydrogens (tertiary/aromatic N) is 3. The minimum absolute atomic E-state index is 0.140. The lowest BCUT2D eigenvalue weighted by atomic mass is 10.0. The first kappa shape index (κ1) is 15.9. The molecule has 1 saturated carbocycles. The predicted octanol–water partition coefficient (Wildman–Crippen LogP) is 1.19. The number of likely N-dealkylation sites (N-methyl/N-ethyl adjacent to an activating group) is 1. The summed E-state index contributed by atoms with van der Waals surface area (Å²) in [5.41, 5.74) is 5.79. The van der Waals surface area contributed by atoms with Gasteiger partial charge in [0.2, 0.25) is 11.8 Å². The van der Waals surface area contributed by atoms with Gasteiger partial charge in [-0.25, -0.2) is 0 Å². The Kier molecular flexibility index (Phi) is 5.30. The van der Waals surface area contributed by atoms with Crippen LogP contribution in [0.1, 0.15) is 44.9 Å². The molecule has 2 rings (SSSR count). The zero-order valence-electron chi connectivity index (χ0n) is 13.0. The summed E-state index contributed by atoms with van der Waals surface area (Å²) < 4.78 is 5.37. The van der Waals surface area contributed by atoms with Crippen molar-refractivity contribution in [3.05, 3.63) is 5.89 Å². The third-order valence-electron chi connectivity index (χ3n) is 4.06. The van der Waals surface area contributed by atoms with Gasteiger partial charge in [0.1, 0.15) is 0 Å². The quantitative estimate of drug-likeness (QED) is 0.818. The summed E-state index contributed by atoms with van der Waals surface area (Å²) in [5.74, 6) is 1.02. The lowest BCUT2D eigenvalue weighted by Gasteiger charge is -2.28. The first-order valence-electron chi connectivity index (χ1n) is 7.54. The summed E-state index contributed by atoms with van der Waals surface area (Å²) in [7, 11) is 1.96. The molecule has 2 atom stereocenters. The fourth-order valence-electron chi connectivity index (χ4n) is 2.89. The van der Waals surface area contributed by atoms with Gasteiger partial charge in [0.15, 0.2) is 0 Å². The Hall–Kier alpha value is -1.47. The van der Waals surface area contributed by atoms with E-state index >= 15 is 0 Å². The molecule has 1 amide bonds. The Morgan fingerprint density at radius 1 is 1.48 bits per heavy atom. The highest BCUT2D eigenvalue weighted by Crippen LogP contribution is 2.28. The number of carbonyl (C=O) groups excluding carboxylic acids is 1. The summed E-state index contributed by atoms with van der Waals surface area (Å²) in [5, 5.41) is 10.4. The fraction of sp³-hybridized carbons (Fsp3) is 0.786. The molecule has 7 heteroatoms. The zero-order chi connectivity index (χ0) is 15.4. The number of hydrogen-bond donors (Lipinski definition) is 2. The molecular formula is C14H25N5O2. The van der Waals surface area contributed by atoms with Crippen molar-refractivity contribution in [1.29, 1.82) is 0 Å². The highest BCUT2D eigenvalue weighted by Gasteiger charge is 2.30. The summed E-state index contributed by atoms with van der Waals surface area (Å²) in [6, 6.07) is 0.550. The molecule has 1 aliphatic carbocycles. The highest BCUT2D eigenvalue weighted by molar-refractivity contribution is 5.90. The third-order valence-corrected chi connectivity index (χ3v) is 4.06. The molecular weight excluding hydrogens is 270 g/mol. The smallest absolute Gasteiger partial charge is 0.322 e. The van der Waals surface area contributed by atoms with Gasteiger partial charge >= 0.3 is 6.01 Å². The van der Waals surface area contributed by atoms with Gasteiger partial charge in [0, 0.05) is 12.0 Å². The molecule has 1 aromatic heterocycles. The van der Waals surface area contributed by atoms with Crippen LogP contribution in [0, 0.1) is 5.92 Å². The highest BCUT2D eigenvalue weighted by atomic mass is 16.4. The van der Waals surface area contributed by atoms with E-state index in [1.165, 1.54) is 6.42 Å². The summed E-state index contributed by atoms with van der Waals surface area (Å²) >= 11 is 0. The molecule has 0 aliphatic heterocycles. The van der Waals surface area contributed by atoms with Gasteiger partial charge in [-0.2, -0.15) is 0 Å². The molecule has 21 heavy (non-hydrogen) atoms. The Morgan fingerprint density at radius 3 is 2.86 bits per heavy atom. The monoisotopic (exact) mass is 295 g/mol. The Bertz CT molecular complexity index is 474. The van der Waals surface area contributed by atoms with E-state index in [9.17, 15) is 4.79 Å². The number of amides is 1. The minimum atomic E-state index is -0.140. The van der Waals surface area contributed by atoms with Crippen molar-refractivity contribution in [3.8, 4) is 0 Å². The third kappa shape index (κ3) is 4.01. The molecule has 2 unspecified atom stereocenters. The number of anilines is 1. The van der Waals surface area contributed by atoms with Crippen LogP contribution in [0.4, 0.5) is 6.01 Å². The molecule has 0 radical (unpaired) electrons. The van der Waals surface area contributed by atoms with Gasteiger partial charge in [0.05, 0.1) is 6.54 Å². The van der Waals surface area contributed by atoms with Crippen LogP contribution in [0.2, 0.25) is 0 Å². The molecule has 1 heterocycles. The molecule has 0 saturated heterocycles. The predicted molar refractivity (Wildman–Crippen MR) is 79.8 cm³/mol. The number of nitrogens with one attached hydrogen (secondary N) is 1. The maximum Gasteiger partial charge on any atom is 0.322 e. The normalized spacial score (nSPS) is 22.2. The standard InChI is InChI=1S/C14H25N5O2/c1-9(2)13-17-18-14(21-13)16-12(20)8-19(3)11-6-4-5-10(11)7-15/h9-11H,4-8,15H2,1-3H3,(H,16,18,20). The van der Waals surface area contributed by atoms with Gasteiger partial charge in [-0.1, -0.05) is 25.4 Å². The van der Waals surface area contributed by atoms with Crippen LogP contribution in [-0.4, -0.2) is 47.2 Å². The molecule has 0 bridgehead atoms. The lowest BCUT2D eigenvalue weighted by Crippen LogP contribution is -2.41. The average molecular weight is 295 g/mol. The summed E-state index contributed by atoms with van der Waals surface area (Å²) in [6.07, 6.45) is 3.43. The molecule has 118 valence electrons. The van der Waals surface area contributed by atoms with E-state index in [1.54, 1.807) is 0 Å². The number of rotatable bonds is 6. The van der Waals surface area contributed by atoms with Crippen LogP contribution in [0.25, 0.3) is 0 Å². The second-order valence-electron chi connectivity index (χ2n) is 6.06. The number of hydrogen-bond acceptors (Lipinski definition) is 6. The van der Waals surface area contributed by atoms with Crippen LogP contribution in [0.3, 0.4) is 0 Å². The first-order chi connectivity index (χ1) is 10.0. The summed E-state index contributed by atoms with van der Waals surface area (Å²) in [4.78, 5) is 14.1. The van der Waals surface area contributed by atoms with Crippen molar-refractivity contribution in [3.63, 3.8) is 0 Å². The molecule has 1 aliphatic rings. The van der Waals surface area contributed by atoms with Gasteiger partial charge in [0.25, 0.3) is 0 Å². The SMILES string of the molecule is CC(C)c1nnc(NC(=O)CN(C)C2CCCC2CN)o1. The van der Waals surface area contributed by atoms with Gasteiger partial charge in [-0.3, -0.25) is 15.0 Å². The molecule has 1 aromatic rings. The van der Waals surface area contributed by atoms with Gasteiger partial charge in [-0.15, -0.1) is 5.10 Å². The van der Waals surface area contributed by atoms with Crippen LogP contribution < -0.4 is 11.1 Å². The molecule has 1 fully saturated rings. The molecule has 0 spiro atoms. The van der Waals surface area contributed by atoms with Crippen molar-refractivity contribution in [2.45, 2.75) is 45.1 Å². The number of carbonyl (C=O) groups is 1. The Labute approximate surface area is 125 Å². The largest absolute Gasteiger partial charge is 0.408 e. The van der Waals surface area contributed by atoms with Crippen LogP contribution in [0.5, 0.6) is 0 Å². The second-order valence-corrected chi connectivity index (χ2v) is 6.06. The van der Waals surface area contributed by atoms with E-state index in [-0.39, 0.29) is 17.8 Å². The average Bonchev–Trinajstić information content (AvgIpc) is 3.06. The van der Waals surface area contributed by atoms with Crippen molar-refractivity contribution in [2.75, 3.05) is 25.5 Å². The van der Waals surface area contributed by atoms with Crippen LogP contribution in [-0.2, 0) is 4.79 Å². The molecule has 3 N–H and O–H groups in total. The van der Waals surface area contributed by atoms with E-state index in [4.69, 9.17) is 10.2 Å². The molecule has 7 nitrogen and oxygen atoms in total. The van der Waals surface area contributed by atoms with Gasteiger partial charge < -0.3 is 10.2 Å². The van der Waals surface area contributed by atoms with E-state index in [2.05, 4.69) is 20.4 Å². The van der Waals surface area contributed by atoms with Crippen LogP contribution in [0.15, 0.2) is 4.42 Å². The van der Waals surface area contributed by atoms with Crippen molar-refractivity contribution in [2.24, 2.45) is 11.7 Å². The van der Waals surface area contributed by atoms with Crippen LogP contribution >= 0.6 is 0 Å². The van der Waals surface area contributed by atoms with Crippen molar-refractivity contribution >= 4 is 11.9 Å². The lowest BCUT2D eigenvalue weighted by molar-refractivity contribution is -0.117. The Balaban J connectivity index is 1.86. The number of aromatic nitrogens is 2. The van der Waals surface area contributed by atoms with Crippen molar-refractivity contribution < 1.29 is 9.21 Å². The second kappa shape index (κ2) is 7.00. The maximum atomic E-state index is 12.0. The number of nitrogens with two attached hydrogens (primary N) is 1. The molecule has 0 aromatic carbocycles. The Morgan fingerprint density at radius 2 is 2.24 bits per heavy atom. The van der Waals surface area contributed by atoms with Crippen molar-refractivity contribution in [1.82, 2.24) is 15.1 Å². The topological polar surface area (TPSA) is 97.3 Å². The zero-order valence-corrected chi connectivity index (χ0v) is 13.0. The van der Waals surface area contributed by atoms with Gasteiger partial charge in [-0.05, 0) is 32.4 Å². The van der Waals surface area contributed by atoms with E-state index in [0.29, 0.717) is 30.9 Å². The van der Waals surface area contributed by atoms with E-state index in [1.807, 2.05) is 20.9 Å². The van der Waals surface area contributed by atoms with E-state index in [0.717, 1.165) is 12.8 Å². The van der Waals surface area contributed by atoms with E-state index < -0.39 is 0 Å². The maximum absolute atomic E-state index is 12.0. The fourth-order valence-corrected chi connectivity index (χ4v) is 2.89.